The Hall–Kier alpha value is -0.990. The van der Waals surface area contributed by atoms with Crippen LogP contribution in [0.25, 0.3) is 0 Å². The summed E-state index contributed by atoms with van der Waals surface area (Å²) < 4.78 is 2.20. The molecular formula is C11H21N3. The molecule has 1 rings (SSSR count). The molecule has 1 aromatic rings. The summed E-state index contributed by atoms with van der Waals surface area (Å²) in [6.07, 6.45) is 8.87. The van der Waals surface area contributed by atoms with Crippen LogP contribution in [0.4, 0.5) is 5.95 Å². The van der Waals surface area contributed by atoms with Crippen LogP contribution in [-0.4, -0.2) is 16.1 Å². The molecule has 1 heterocycles. The Morgan fingerprint density at radius 1 is 1.29 bits per heavy atom. The smallest absolute Gasteiger partial charge is 0.202 e. The van der Waals surface area contributed by atoms with Crippen molar-refractivity contribution in [2.75, 3.05) is 11.9 Å². The lowest BCUT2D eigenvalue weighted by Gasteiger charge is -2.08. The molecule has 0 spiro atoms. The maximum absolute atomic E-state index is 4.28. The summed E-state index contributed by atoms with van der Waals surface area (Å²) >= 11 is 0. The highest BCUT2D eigenvalue weighted by molar-refractivity contribution is 5.25. The molecule has 0 unspecified atom stereocenters. The van der Waals surface area contributed by atoms with Gasteiger partial charge in [0.1, 0.15) is 0 Å². The van der Waals surface area contributed by atoms with E-state index in [-0.39, 0.29) is 0 Å². The van der Waals surface area contributed by atoms with E-state index in [1.165, 1.54) is 19.3 Å². The van der Waals surface area contributed by atoms with Gasteiger partial charge in [-0.15, -0.1) is 0 Å². The minimum atomic E-state index is 1.00. The van der Waals surface area contributed by atoms with E-state index < -0.39 is 0 Å². The summed E-state index contributed by atoms with van der Waals surface area (Å²) in [5.74, 6) is 1.02. The maximum atomic E-state index is 4.28. The van der Waals surface area contributed by atoms with Crippen LogP contribution >= 0.6 is 0 Å². The molecule has 0 fully saturated rings. The van der Waals surface area contributed by atoms with Crippen LogP contribution in [-0.2, 0) is 6.54 Å². The molecule has 80 valence electrons. The molecule has 0 saturated heterocycles. The SMILES string of the molecule is CCCCCn1ccnc1NCCC. The van der Waals surface area contributed by atoms with Gasteiger partial charge in [0.15, 0.2) is 0 Å². The fourth-order valence-corrected chi connectivity index (χ4v) is 1.43. The van der Waals surface area contributed by atoms with Gasteiger partial charge in [-0.05, 0) is 12.8 Å². The number of unbranched alkanes of at least 4 members (excludes halogenated alkanes) is 2. The number of nitrogens with zero attached hydrogens (tertiary/aromatic N) is 2. The highest BCUT2D eigenvalue weighted by Gasteiger charge is 1.99. The first-order valence-corrected chi connectivity index (χ1v) is 5.63. The van der Waals surface area contributed by atoms with Crippen LogP contribution < -0.4 is 5.32 Å². The summed E-state index contributed by atoms with van der Waals surface area (Å²) in [6, 6.07) is 0. The van der Waals surface area contributed by atoms with Crippen LogP contribution in [0.3, 0.4) is 0 Å². The second-order valence-corrected chi connectivity index (χ2v) is 3.58. The topological polar surface area (TPSA) is 29.9 Å². The summed E-state index contributed by atoms with van der Waals surface area (Å²) in [6.45, 7) is 6.48. The predicted octanol–water partition coefficient (Wildman–Crippen LogP) is 2.90. The van der Waals surface area contributed by atoms with Gasteiger partial charge in [-0.1, -0.05) is 26.7 Å². The van der Waals surface area contributed by atoms with Gasteiger partial charge in [-0.25, -0.2) is 4.98 Å². The van der Waals surface area contributed by atoms with E-state index in [9.17, 15) is 0 Å². The number of hydrogen-bond donors (Lipinski definition) is 1. The molecule has 0 aliphatic rings. The van der Waals surface area contributed by atoms with Crippen LogP contribution in [0.5, 0.6) is 0 Å². The molecule has 0 aromatic carbocycles. The highest BCUT2D eigenvalue weighted by Crippen LogP contribution is 2.07. The Morgan fingerprint density at radius 3 is 2.86 bits per heavy atom. The van der Waals surface area contributed by atoms with Gasteiger partial charge < -0.3 is 9.88 Å². The Labute approximate surface area is 86.5 Å². The van der Waals surface area contributed by atoms with Gasteiger partial charge in [0.2, 0.25) is 5.95 Å². The van der Waals surface area contributed by atoms with Gasteiger partial charge >= 0.3 is 0 Å². The fraction of sp³-hybridized carbons (Fsp3) is 0.727. The quantitative estimate of drug-likeness (QED) is 0.678. The number of aromatic nitrogens is 2. The van der Waals surface area contributed by atoms with E-state index in [1.54, 1.807) is 0 Å². The van der Waals surface area contributed by atoms with E-state index in [0.29, 0.717) is 0 Å². The lowest BCUT2D eigenvalue weighted by Crippen LogP contribution is -2.08. The lowest BCUT2D eigenvalue weighted by atomic mass is 10.2. The van der Waals surface area contributed by atoms with Gasteiger partial charge in [0, 0.05) is 25.5 Å². The van der Waals surface area contributed by atoms with Crippen molar-refractivity contribution in [3.05, 3.63) is 12.4 Å². The van der Waals surface area contributed by atoms with E-state index in [4.69, 9.17) is 0 Å². The summed E-state index contributed by atoms with van der Waals surface area (Å²) in [5, 5.41) is 3.32. The zero-order valence-corrected chi connectivity index (χ0v) is 9.29. The summed E-state index contributed by atoms with van der Waals surface area (Å²) in [5.41, 5.74) is 0. The third-order valence-corrected chi connectivity index (χ3v) is 2.25. The molecule has 0 aliphatic heterocycles. The van der Waals surface area contributed by atoms with Crippen molar-refractivity contribution in [1.82, 2.24) is 9.55 Å². The Morgan fingerprint density at radius 2 is 2.14 bits per heavy atom. The normalized spacial score (nSPS) is 10.4. The third kappa shape index (κ3) is 3.40. The van der Waals surface area contributed by atoms with Gasteiger partial charge in [0.25, 0.3) is 0 Å². The average Bonchev–Trinajstić information content (AvgIpc) is 2.63. The molecular weight excluding hydrogens is 174 g/mol. The number of anilines is 1. The molecule has 0 radical (unpaired) electrons. The molecule has 0 bridgehead atoms. The first kappa shape index (κ1) is 11.1. The van der Waals surface area contributed by atoms with E-state index in [2.05, 4.69) is 28.7 Å². The first-order valence-electron chi connectivity index (χ1n) is 5.63. The van der Waals surface area contributed by atoms with Crippen molar-refractivity contribution in [1.29, 1.82) is 0 Å². The molecule has 3 heteroatoms. The monoisotopic (exact) mass is 195 g/mol. The molecule has 3 nitrogen and oxygen atoms in total. The van der Waals surface area contributed by atoms with E-state index >= 15 is 0 Å². The van der Waals surface area contributed by atoms with Crippen molar-refractivity contribution in [2.24, 2.45) is 0 Å². The summed E-state index contributed by atoms with van der Waals surface area (Å²) in [7, 11) is 0. The highest BCUT2D eigenvalue weighted by atomic mass is 15.2. The lowest BCUT2D eigenvalue weighted by molar-refractivity contribution is 0.605. The minimum Gasteiger partial charge on any atom is -0.356 e. The van der Waals surface area contributed by atoms with Crippen LogP contribution in [0.2, 0.25) is 0 Å². The fourth-order valence-electron chi connectivity index (χ4n) is 1.43. The first-order chi connectivity index (χ1) is 6.88. The van der Waals surface area contributed by atoms with Gasteiger partial charge in [0.05, 0.1) is 0 Å². The minimum absolute atomic E-state index is 1.00. The molecule has 0 amide bonds. The van der Waals surface area contributed by atoms with Crippen molar-refractivity contribution < 1.29 is 0 Å². The van der Waals surface area contributed by atoms with Crippen LogP contribution in [0.15, 0.2) is 12.4 Å². The predicted molar refractivity (Wildman–Crippen MR) is 60.5 cm³/mol. The Bertz CT molecular complexity index is 242. The zero-order chi connectivity index (χ0) is 10.2. The largest absolute Gasteiger partial charge is 0.356 e. The number of hydrogen-bond acceptors (Lipinski definition) is 2. The molecule has 0 aliphatic carbocycles. The molecule has 14 heavy (non-hydrogen) atoms. The molecule has 1 N–H and O–H groups in total. The molecule has 0 atom stereocenters. The number of rotatable bonds is 7. The Balaban J connectivity index is 2.37. The second kappa shape index (κ2) is 6.46. The second-order valence-electron chi connectivity index (χ2n) is 3.58. The molecule has 0 saturated carbocycles. The number of nitrogens with one attached hydrogen (secondary N) is 1. The van der Waals surface area contributed by atoms with Gasteiger partial charge in [-0.2, -0.15) is 0 Å². The van der Waals surface area contributed by atoms with Crippen LogP contribution in [0.1, 0.15) is 39.5 Å². The standard InChI is InChI=1S/C11H21N3/c1-3-5-6-9-14-10-8-13-11(14)12-7-4-2/h8,10H,3-7,9H2,1-2H3,(H,12,13). The third-order valence-electron chi connectivity index (χ3n) is 2.25. The van der Waals surface area contributed by atoms with Crippen molar-refractivity contribution in [3.63, 3.8) is 0 Å². The summed E-state index contributed by atoms with van der Waals surface area (Å²) in [4.78, 5) is 4.28. The maximum Gasteiger partial charge on any atom is 0.202 e. The zero-order valence-electron chi connectivity index (χ0n) is 9.29. The number of aryl methyl sites for hydroxylation is 1. The van der Waals surface area contributed by atoms with E-state index in [0.717, 1.165) is 25.5 Å². The number of imidazole rings is 1. The van der Waals surface area contributed by atoms with Crippen LogP contribution in [0, 0.1) is 0 Å². The average molecular weight is 195 g/mol. The van der Waals surface area contributed by atoms with E-state index in [1.807, 2.05) is 12.4 Å². The van der Waals surface area contributed by atoms with Crippen molar-refractivity contribution in [2.45, 2.75) is 46.1 Å². The van der Waals surface area contributed by atoms with Gasteiger partial charge in [-0.3, -0.25) is 0 Å². The Kier molecular flexibility index (Phi) is 5.12. The van der Waals surface area contributed by atoms with Crippen molar-refractivity contribution in [3.8, 4) is 0 Å². The molecule has 1 aromatic heterocycles. The van der Waals surface area contributed by atoms with Crippen molar-refractivity contribution >= 4 is 5.95 Å².